The first-order valence-corrected chi connectivity index (χ1v) is 14.2. The minimum Gasteiger partial charge on any atom is -0.256 e. The number of rotatable bonds is 14. The van der Waals surface area contributed by atoms with E-state index in [1.165, 1.54) is 49.7 Å². The van der Waals surface area contributed by atoms with Crippen molar-refractivity contribution in [1.82, 2.24) is 4.98 Å². The molecule has 1 aromatic heterocycles. The Hall–Kier alpha value is -2.21. The Kier molecular flexibility index (Phi) is 11.2. The molecule has 0 amide bonds. The molecular weight excluding hydrogens is 431 g/mol. The minimum atomic E-state index is -0.838. The van der Waals surface area contributed by atoms with E-state index in [0.29, 0.717) is 18.8 Å². The van der Waals surface area contributed by atoms with Gasteiger partial charge in [-0.3, -0.25) is 4.98 Å². The molecule has 190 valence electrons. The number of nitriles is 1. The van der Waals surface area contributed by atoms with Crippen LogP contribution < -0.4 is 0 Å². The highest BCUT2D eigenvalue weighted by atomic mass is 19.1. The van der Waals surface area contributed by atoms with Crippen molar-refractivity contribution in [2.75, 3.05) is 0 Å². The maximum Gasteiger partial charge on any atom is 0.102 e. The summed E-state index contributed by atoms with van der Waals surface area (Å²) in [5.41, 5.74) is 4.37. The average molecular weight is 477 g/mol. The molecule has 1 aliphatic carbocycles. The molecule has 1 unspecified atom stereocenters. The van der Waals surface area contributed by atoms with Crippen LogP contribution in [0.4, 0.5) is 4.39 Å². The number of alkyl halides is 1. The third-order valence-corrected chi connectivity index (χ3v) is 7.98. The summed E-state index contributed by atoms with van der Waals surface area (Å²) < 4.78 is 14.4. The fourth-order valence-electron chi connectivity index (χ4n) is 5.60. The van der Waals surface area contributed by atoms with Crippen molar-refractivity contribution in [2.24, 2.45) is 5.41 Å². The molecule has 2 nitrogen and oxygen atoms in total. The highest BCUT2D eigenvalue weighted by Crippen LogP contribution is 2.46. The number of unbranched alkanes of at least 4 members (excludes halogenated alkanes) is 6. The zero-order valence-corrected chi connectivity index (χ0v) is 22.1. The lowest BCUT2D eigenvalue weighted by Crippen LogP contribution is -2.28. The fourth-order valence-corrected chi connectivity index (χ4v) is 5.60. The van der Waals surface area contributed by atoms with Gasteiger partial charge in [-0.15, -0.1) is 0 Å². The Morgan fingerprint density at radius 2 is 1.63 bits per heavy atom. The van der Waals surface area contributed by atoms with Gasteiger partial charge in [0, 0.05) is 11.8 Å². The predicted octanol–water partition coefficient (Wildman–Crippen LogP) is 9.74. The quantitative estimate of drug-likeness (QED) is 0.254. The molecule has 1 aromatic carbocycles. The van der Waals surface area contributed by atoms with E-state index >= 15 is 0 Å². The number of benzene rings is 1. The van der Waals surface area contributed by atoms with Crippen molar-refractivity contribution >= 4 is 0 Å². The van der Waals surface area contributed by atoms with Gasteiger partial charge < -0.3 is 0 Å². The summed E-state index contributed by atoms with van der Waals surface area (Å²) in [6.45, 7) is 4.35. The number of aryl methyl sites for hydroxylation is 1. The van der Waals surface area contributed by atoms with Gasteiger partial charge in [0.1, 0.15) is 6.17 Å². The van der Waals surface area contributed by atoms with E-state index in [-0.39, 0.29) is 0 Å². The lowest BCUT2D eigenvalue weighted by Gasteiger charge is -2.36. The predicted molar refractivity (Wildman–Crippen MR) is 145 cm³/mol. The van der Waals surface area contributed by atoms with Crippen molar-refractivity contribution < 1.29 is 4.39 Å². The van der Waals surface area contributed by atoms with Crippen LogP contribution in [0.5, 0.6) is 0 Å². The molecule has 1 saturated carbocycles. The first kappa shape index (κ1) is 27.4. The Bertz CT molecular complexity index is 889. The highest BCUT2D eigenvalue weighted by Gasteiger charge is 2.37. The number of hydrogen-bond acceptors (Lipinski definition) is 2. The summed E-state index contributed by atoms with van der Waals surface area (Å²) in [6, 6.07) is 15.7. The summed E-state index contributed by atoms with van der Waals surface area (Å²) in [4.78, 5) is 4.73. The zero-order chi connectivity index (χ0) is 24.9. The molecule has 3 heteroatoms. The highest BCUT2D eigenvalue weighted by molar-refractivity contribution is 5.59. The van der Waals surface area contributed by atoms with E-state index in [0.717, 1.165) is 56.2 Å². The normalized spacial score (nSPS) is 20.9. The Morgan fingerprint density at radius 3 is 2.26 bits per heavy atom. The Morgan fingerprint density at radius 1 is 0.943 bits per heavy atom. The molecule has 0 saturated heterocycles. The van der Waals surface area contributed by atoms with Crippen molar-refractivity contribution in [2.45, 2.75) is 122 Å². The van der Waals surface area contributed by atoms with Gasteiger partial charge in [0.15, 0.2) is 0 Å². The van der Waals surface area contributed by atoms with Gasteiger partial charge in [0.05, 0.1) is 17.2 Å². The standard InChI is InChI=1S/C32H45FN2/c1-3-5-7-8-9-10-11-26-13-18-31(35-24-26)29-16-14-27(15-17-29)28-19-21-32(25-34,22-20-28)23-30(33)12-6-4-2/h13-18,24,28,30H,3-12,19-23H2,1-2H3. The summed E-state index contributed by atoms with van der Waals surface area (Å²) >= 11 is 0. The molecular formula is C32H45FN2. The van der Waals surface area contributed by atoms with E-state index in [2.05, 4.69) is 56.3 Å². The second-order valence-corrected chi connectivity index (χ2v) is 10.8. The van der Waals surface area contributed by atoms with Gasteiger partial charge >= 0.3 is 0 Å². The Balaban J connectivity index is 1.49. The monoisotopic (exact) mass is 476 g/mol. The Labute approximate surface area is 213 Å². The number of halogens is 1. The minimum absolute atomic E-state index is 0.412. The number of nitrogens with zero attached hydrogens (tertiary/aromatic N) is 2. The van der Waals surface area contributed by atoms with Gasteiger partial charge in [0.25, 0.3) is 0 Å². The van der Waals surface area contributed by atoms with Crippen LogP contribution in [0.3, 0.4) is 0 Å². The van der Waals surface area contributed by atoms with Crippen LogP contribution in [0.25, 0.3) is 11.3 Å². The van der Waals surface area contributed by atoms with Gasteiger partial charge in [-0.2, -0.15) is 5.26 Å². The lowest BCUT2D eigenvalue weighted by atomic mass is 9.67. The third kappa shape index (κ3) is 8.45. The molecule has 1 atom stereocenters. The van der Waals surface area contributed by atoms with Crippen LogP contribution in [0.15, 0.2) is 42.6 Å². The van der Waals surface area contributed by atoms with Crippen LogP contribution >= 0.6 is 0 Å². The molecule has 35 heavy (non-hydrogen) atoms. The molecule has 0 spiro atoms. The average Bonchev–Trinajstić information content (AvgIpc) is 2.90. The van der Waals surface area contributed by atoms with Crippen LogP contribution in [-0.4, -0.2) is 11.2 Å². The lowest BCUT2D eigenvalue weighted by molar-refractivity contribution is 0.158. The SMILES string of the molecule is CCCCCCCCc1ccc(-c2ccc(C3CCC(C#N)(CC(F)CCCC)CC3)cc2)nc1. The molecule has 3 rings (SSSR count). The van der Waals surface area contributed by atoms with Gasteiger partial charge in [-0.25, -0.2) is 4.39 Å². The number of hydrogen-bond donors (Lipinski definition) is 0. The smallest absolute Gasteiger partial charge is 0.102 e. The molecule has 0 bridgehead atoms. The van der Waals surface area contributed by atoms with Crippen LogP contribution in [0.2, 0.25) is 0 Å². The molecule has 1 aliphatic rings. The maximum absolute atomic E-state index is 14.4. The van der Waals surface area contributed by atoms with E-state index in [1.807, 2.05) is 6.20 Å². The van der Waals surface area contributed by atoms with E-state index in [4.69, 9.17) is 4.98 Å². The fraction of sp³-hybridized carbons (Fsp3) is 0.625. The first-order valence-electron chi connectivity index (χ1n) is 14.2. The van der Waals surface area contributed by atoms with Crippen molar-refractivity contribution in [1.29, 1.82) is 5.26 Å². The van der Waals surface area contributed by atoms with E-state index in [1.54, 1.807) is 0 Å². The van der Waals surface area contributed by atoms with Crippen LogP contribution in [0.1, 0.15) is 121 Å². The zero-order valence-electron chi connectivity index (χ0n) is 22.1. The number of aromatic nitrogens is 1. The molecule has 0 radical (unpaired) electrons. The molecule has 2 aromatic rings. The molecule has 0 aliphatic heterocycles. The second-order valence-electron chi connectivity index (χ2n) is 10.8. The molecule has 0 N–H and O–H groups in total. The summed E-state index contributed by atoms with van der Waals surface area (Å²) in [7, 11) is 0. The second kappa shape index (κ2) is 14.4. The topological polar surface area (TPSA) is 36.7 Å². The van der Waals surface area contributed by atoms with Gasteiger partial charge in [0.2, 0.25) is 0 Å². The van der Waals surface area contributed by atoms with Crippen molar-refractivity contribution in [3.63, 3.8) is 0 Å². The largest absolute Gasteiger partial charge is 0.256 e. The van der Waals surface area contributed by atoms with Crippen molar-refractivity contribution in [3.05, 3.63) is 53.7 Å². The van der Waals surface area contributed by atoms with E-state index < -0.39 is 11.6 Å². The van der Waals surface area contributed by atoms with Gasteiger partial charge in [-0.05, 0) is 74.5 Å². The summed E-state index contributed by atoms with van der Waals surface area (Å²) in [6.07, 6.45) is 16.7. The summed E-state index contributed by atoms with van der Waals surface area (Å²) in [5.74, 6) is 0.465. The first-order chi connectivity index (χ1) is 17.1. The maximum atomic E-state index is 14.4. The van der Waals surface area contributed by atoms with Gasteiger partial charge in [-0.1, -0.05) is 89.1 Å². The van der Waals surface area contributed by atoms with E-state index in [9.17, 15) is 9.65 Å². The van der Waals surface area contributed by atoms with Crippen molar-refractivity contribution in [3.8, 4) is 17.3 Å². The molecule has 1 heterocycles. The molecule has 1 fully saturated rings. The summed E-state index contributed by atoms with van der Waals surface area (Å²) in [5, 5.41) is 9.82. The third-order valence-electron chi connectivity index (χ3n) is 7.98. The van der Waals surface area contributed by atoms with Crippen LogP contribution in [0, 0.1) is 16.7 Å². The van der Waals surface area contributed by atoms with Crippen LogP contribution in [-0.2, 0) is 6.42 Å². The number of pyridine rings is 1.